The summed E-state index contributed by atoms with van der Waals surface area (Å²) in [5, 5.41) is 0. The second-order valence-electron chi connectivity index (χ2n) is 4.33. The molecule has 2 aromatic carbocycles. The lowest BCUT2D eigenvalue weighted by atomic mass is 10.0. The van der Waals surface area contributed by atoms with E-state index in [1.54, 1.807) is 0 Å². The third-order valence-corrected chi connectivity index (χ3v) is 4.73. The number of primary amides is 1. The van der Waals surface area contributed by atoms with Gasteiger partial charge in [-0.05, 0) is 22.8 Å². The lowest BCUT2D eigenvalue weighted by Gasteiger charge is -2.10. The monoisotopic (exact) mass is 351 g/mol. The Morgan fingerprint density at radius 2 is 1.65 bits per heavy atom. The van der Waals surface area contributed by atoms with Crippen LogP contribution >= 0.6 is 15.9 Å². The Balaban J connectivity index is 2.34. The van der Waals surface area contributed by atoms with E-state index >= 15 is 0 Å². The number of carbonyl (C=O) groups excluding carboxylic acids is 1. The molecule has 20 heavy (non-hydrogen) atoms. The number of hydrogen-bond acceptors (Lipinski definition) is 2. The molecule has 104 valence electrons. The third kappa shape index (κ3) is 3.77. The molecule has 0 aliphatic heterocycles. The van der Waals surface area contributed by atoms with Gasteiger partial charge in [-0.25, -0.2) is 0 Å². The summed E-state index contributed by atoms with van der Waals surface area (Å²) >= 11 is 3.52. The minimum atomic E-state index is -1.28. The summed E-state index contributed by atoms with van der Waals surface area (Å²) in [4.78, 5) is 10.8. The van der Waals surface area contributed by atoms with Crippen LogP contribution in [0.25, 0.3) is 11.1 Å². The molecule has 0 spiro atoms. The molecule has 5 heteroatoms. The van der Waals surface area contributed by atoms with Crippen LogP contribution in [0.15, 0.2) is 53.0 Å². The Labute approximate surface area is 128 Å². The molecular formula is C15H14BrNO2S. The van der Waals surface area contributed by atoms with Crippen LogP contribution in [0.3, 0.4) is 0 Å². The van der Waals surface area contributed by atoms with Crippen molar-refractivity contribution in [2.45, 2.75) is 5.75 Å². The number of carbonyl (C=O) groups is 1. The van der Waals surface area contributed by atoms with Crippen molar-refractivity contribution in [3.63, 3.8) is 0 Å². The first kappa shape index (κ1) is 14.9. The average molecular weight is 352 g/mol. The molecule has 3 nitrogen and oxygen atoms in total. The fourth-order valence-electron chi connectivity index (χ4n) is 1.97. The van der Waals surface area contributed by atoms with Gasteiger partial charge in [-0.2, -0.15) is 0 Å². The van der Waals surface area contributed by atoms with Crippen molar-refractivity contribution < 1.29 is 9.00 Å². The van der Waals surface area contributed by atoms with Gasteiger partial charge < -0.3 is 5.73 Å². The number of halogens is 1. The summed E-state index contributed by atoms with van der Waals surface area (Å²) in [7, 11) is -1.28. The van der Waals surface area contributed by atoms with Gasteiger partial charge in [-0.1, -0.05) is 58.4 Å². The average Bonchev–Trinajstić information content (AvgIpc) is 2.39. The van der Waals surface area contributed by atoms with Crippen molar-refractivity contribution >= 4 is 32.6 Å². The Bertz CT molecular complexity index is 658. The normalized spacial score (nSPS) is 12.1. The highest BCUT2D eigenvalue weighted by molar-refractivity contribution is 9.10. The quantitative estimate of drug-likeness (QED) is 0.900. The van der Waals surface area contributed by atoms with E-state index in [1.165, 1.54) is 0 Å². The minimum absolute atomic E-state index is 0.107. The lowest BCUT2D eigenvalue weighted by molar-refractivity contribution is -0.115. The maximum absolute atomic E-state index is 11.9. The van der Waals surface area contributed by atoms with E-state index < -0.39 is 16.7 Å². The second kappa shape index (κ2) is 6.81. The number of nitrogens with two attached hydrogens (primary N) is 1. The molecule has 1 amide bonds. The van der Waals surface area contributed by atoms with Gasteiger partial charge in [0.05, 0.1) is 0 Å². The molecule has 2 aromatic rings. The summed E-state index contributed by atoms with van der Waals surface area (Å²) in [6.45, 7) is 0. The van der Waals surface area contributed by atoms with Gasteiger partial charge in [-0.15, -0.1) is 0 Å². The van der Waals surface area contributed by atoms with Gasteiger partial charge >= 0.3 is 0 Å². The highest BCUT2D eigenvalue weighted by Gasteiger charge is 2.11. The Morgan fingerprint density at radius 1 is 1.05 bits per heavy atom. The largest absolute Gasteiger partial charge is 0.369 e. The predicted octanol–water partition coefficient (Wildman–Crippen LogP) is 2.85. The molecule has 0 aromatic heterocycles. The minimum Gasteiger partial charge on any atom is -0.369 e. The smallest absolute Gasteiger partial charge is 0.230 e. The van der Waals surface area contributed by atoms with Crippen molar-refractivity contribution in [2.24, 2.45) is 5.73 Å². The van der Waals surface area contributed by atoms with Crippen LogP contribution in [0.1, 0.15) is 5.56 Å². The zero-order valence-corrected chi connectivity index (χ0v) is 13.1. The maximum Gasteiger partial charge on any atom is 0.230 e. The molecular weight excluding hydrogens is 338 g/mol. The first-order valence-corrected chi connectivity index (χ1v) is 8.32. The molecule has 2 N–H and O–H groups in total. The Kier molecular flexibility index (Phi) is 5.09. The number of amides is 1. The number of hydrogen-bond donors (Lipinski definition) is 1. The fraction of sp³-hybridized carbons (Fsp3) is 0.133. The molecule has 0 radical (unpaired) electrons. The van der Waals surface area contributed by atoms with Crippen LogP contribution < -0.4 is 5.73 Å². The van der Waals surface area contributed by atoms with Gasteiger partial charge in [-0.3, -0.25) is 9.00 Å². The molecule has 0 bridgehead atoms. The van der Waals surface area contributed by atoms with Crippen LogP contribution in [0, 0.1) is 0 Å². The topological polar surface area (TPSA) is 60.2 Å². The third-order valence-electron chi connectivity index (χ3n) is 2.80. The van der Waals surface area contributed by atoms with Gasteiger partial charge in [0.25, 0.3) is 0 Å². The van der Waals surface area contributed by atoms with E-state index in [0.29, 0.717) is 5.75 Å². The zero-order chi connectivity index (χ0) is 14.5. The summed E-state index contributed by atoms with van der Waals surface area (Å²) in [5.74, 6) is -0.327. The lowest BCUT2D eigenvalue weighted by Crippen LogP contribution is -2.20. The van der Waals surface area contributed by atoms with E-state index in [4.69, 9.17) is 5.73 Å². The van der Waals surface area contributed by atoms with Crippen molar-refractivity contribution in [3.8, 4) is 11.1 Å². The number of benzene rings is 2. The molecule has 0 heterocycles. The Hall–Kier alpha value is -1.46. The molecule has 0 saturated carbocycles. The van der Waals surface area contributed by atoms with Crippen molar-refractivity contribution in [1.82, 2.24) is 0 Å². The summed E-state index contributed by atoms with van der Waals surface area (Å²) in [6.07, 6.45) is 0. The van der Waals surface area contributed by atoms with Crippen LogP contribution in [0.2, 0.25) is 0 Å². The van der Waals surface area contributed by atoms with E-state index in [9.17, 15) is 9.00 Å². The highest BCUT2D eigenvalue weighted by Crippen LogP contribution is 2.31. The van der Waals surface area contributed by atoms with Gasteiger partial charge in [0, 0.05) is 21.0 Å². The first-order valence-electron chi connectivity index (χ1n) is 6.04. The van der Waals surface area contributed by atoms with E-state index in [1.807, 2.05) is 48.5 Å². The fourth-order valence-corrected chi connectivity index (χ4v) is 3.49. The standard InChI is InChI=1S/C15H14BrNO2S/c16-14-8-4-3-7-13(14)12-6-2-1-5-11(12)9-20(19)10-15(17)18/h1-8H,9-10H2,(H2,17,18)/t20-/m0/s1. The van der Waals surface area contributed by atoms with Gasteiger partial charge in [0.2, 0.25) is 5.91 Å². The molecule has 1 atom stereocenters. The summed E-state index contributed by atoms with van der Waals surface area (Å²) in [6, 6.07) is 15.6. The van der Waals surface area contributed by atoms with Crippen LogP contribution in [0.4, 0.5) is 0 Å². The predicted molar refractivity (Wildman–Crippen MR) is 85.5 cm³/mol. The highest BCUT2D eigenvalue weighted by atomic mass is 79.9. The van der Waals surface area contributed by atoms with Gasteiger partial charge in [0.15, 0.2) is 0 Å². The molecule has 2 rings (SSSR count). The van der Waals surface area contributed by atoms with Crippen molar-refractivity contribution in [2.75, 3.05) is 5.75 Å². The summed E-state index contributed by atoms with van der Waals surface area (Å²) in [5.41, 5.74) is 8.08. The zero-order valence-electron chi connectivity index (χ0n) is 10.7. The first-order chi connectivity index (χ1) is 9.58. The molecule has 0 aliphatic rings. The van der Waals surface area contributed by atoms with Crippen LogP contribution in [-0.2, 0) is 21.3 Å². The second-order valence-corrected chi connectivity index (χ2v) is 6.64. The SMILES string of the molecule is NC(=O)C[S@@](=O)Cc1ccccc1-c1ccccc1Br. The Morgan fingerprint density at radius 3 is 2.30 bits per heavy atom. The molecule has 0 fully saturated rings. The van der Waals surface area contributed by atoms with E-state index in [2.05, 4.69) is 15.9 Å². The van der Waals surface area contributed by atoms with Gasteiger partial charge in [0.1, 0.15) is 5.75 Å². The van der Waals surface area contributed by atoms with Crippen LogP contribution in [-0.4, -0.2) is 15.9 Å². The van der Waals surface area contributed by atoms with E-state index in [-0.39, 0.29) is 5.75 Å². The summed E-state index contributed by atoms with van der Waals surface area (Å²) < 4.78 is 12.9. The molecule has 0 aliphatic carbocycles. The number of rotatable bonds is 5. The van der Waals surface area contributed by atoms with Crippen LogP contribution in [0.5, 0.6) is 0 Å². The van der Waals surface area contributed by atoms with Crippen molar-refractivity contribution in [1.29, 1.82) is 0 Å². The van der Waals surface area contributed by atoms with Crippen molar-refractivity contribution in [3.05, 3.63) is 58.6 Å². The molecule has 0 saturated heterocycles. The van der Waals surface area contributed by atoms with E-state index in [0.717, 1.165) is 21.2 Å². The molecule has 0 unspecified atom stereocenters. The maximum atomic E-state index is 11.9.